The zero-order chi connectivity index (χ0) is 16.8. The molecule has 0 saturated carbocycles. The summed E-state index contributed by atoms with van der Waals surface area (Å²) in [4.78, 5) is 22.7. The fraction of sp³-hybridized carbons (Fsp3) is 0.294. The van der Waals surface area contributed by atoms with Gasteiger partial charge in [0.1, 0.15) is 22.8 Å². The molecule has 0 atom stereocenters. The van der Waals surface area contributed by atoms with Crippen molar-refractivity contribution in [3.63, 3.8) is 0 Å². The standard InChI is InChI=1S/C17H19NO5/c1-3-12-4-6-13(7-5-12)22-10-16(19)18-9-14-8-15(17(20)21)11(2)23-14/h4-8H,3,9-10H2,1-2H3,(H,18,19)(H,20,21). The number of carbonyl (C=O) groups is 2. The Bertz CT molecular complexity index is 688. The van der Waals surface area contributed by atoms with Crippen molar-refractivity contribution >= 4 is 11.9 Å². The molecule has 0 aliphatic heterocycles. The first-order valence-corrected chi connectivity index (χ1v) is 7.30. The molecule has 23 heavy (non-hydrogen) atoms. The molecule has 1 aromatic heterocycles. The van der Waals surface area contributed by atoms with E-state index in [2.05, 4.69) is 12.2 Å². The van der Waals surface area contributed by atoms with Gasteiger partial charge < -0.3 is 19.6 Å². The molecule has 1 amide bonds. The Balaban J connectivity index is 1.80. The number of benzene rings is 1. The quantitative estimate of drug-likeness (QED) is 0.819. The van der Waals surface area contributed by atoms with E-state index in [-0.39, 0.29) is 24.6 Å². The Morgan fingerprint density at radius 3 is 2.52 bits per heavy atom. The molecule has 0 aliphatic rings. The van der Waals surface area contributed by atoms with Crippen molar-refractivity contribution in [1.29, 1.82) is 0 Å². The summed E-state index contributed by atoms with van der Waals surface area (Å²) in [6.45, 7) is 3.63. The van der Waals surface area contributed by atoms with Crippen LogP contribution in [0.3, 0.4) is 0 Å². The van der Waals surface area contributed by atoms with Crippen molar-refractivity contribution in [2.45, 2.75) is 26.8 Å². The molecule has 1 aromatic carbocycles. The van der Waals surface area contributed by atoms with Gasteiger partial charge >= 0.3 is 5.97 Å². The summed E-state index contributed by atoms with van der Waals surface area (Å²) < 4.78 is 10.7. The maximum Gasteiger partial charge on any atom is 0.339 e. The van der Waals surface area contributed by atoms with Crippen LogP contribution >= 0.6 is 0 Å². The van der Waals surface area contributed by atoms with Crippen LogP contribution in [-0.2, 0) is 17.8 Å². The highest BCUT2D eigenvalue weighted by atomic mass is 16.5. The van der Waals surface area contributed by atoms with Crippen molar-refractivity contribution in [2.24, 2.45) is 0 Å². The first-order valence-electron chi connectivity index (χ1n) is 7.30. The molecule has 6 heteroatoms. The van der Waals surface area contributed by atoms with Crippen LogP contribution in [0, 0.1) is 6.92 Å². The molecule has 0 unspecified atom stereocenters. The van der Waals surface area contributed by atoms with E-state index in [0.29, 0.717) is 17.3 Å². The van der Waals surface area contributed by atoms with Gasteiger partial charge in [-0.2, -0.15) is 0 Å². The van der Waals surface area contributed by atoms with Gasteiger partial charge in [0.15, 0.2) is 6.61 Å². The number of carboxylic acids is 1. The molecule has 0 saturated heterocycles. The summed E-state index contributed by atoms with van der Waals surface area (Å²) >= 11 is 0. The summed E-state index contributed by atoms with van der Waals surface area (Å²) in [5, 5.41) is 11.6. The normalized spacial score (nSPS) is 10.3. The van der Waals surface area contributed by atoms with Gasteiger partial charge in [0.05, 0.1) is 6.54 Å². The summed E-state index contributed by atoms with van der Waals surface area (Å²) in [6.07, 6.45) is 0.946. The third-order valence-corrected chi connectivity index (χ3v) is 3.36. The summed E-state index contributed by atoms with van der Waals surface area (Å²) in [6, 6.07) is 8.95. The Labute approximate surface area is 134 Å². The maximum atomic E-state index is 11.7. The summed E-state index contributed by atoms with van der Waals surface area (Å²) in [5.41, 5.74) is 1.30. The number of aryl methyl sites for hydroxylation is 2. The fourth-order valence-corrected chi connectivity index (χ4v) is 2.05. The monoisotopic (exact) mass is 317 g/mol. The number of ether oxygens (including phenoxy) is 1. The molecule has 0 radical (unpaired) electrons. The third-order valence-electron chi connectivity index (χ3n) is 3.36. The number of amides is 1. The number of carbonyl (C=O) groups excluding carboxylic acids is 1. The topological polar surface area (TPSA) is 88.8 Å². The van der Waals surface area contributed by atoms with Crippen LogP contribution in [0.1, 0.15) is 34.4 Å². The van der Waals surface area contributed by atoms with Crippen molar-refractivity contribution < 1.29 is 23.8 Å². The average molecular weight is 317 g/mol. The minimum atomic E-state index is -1.05. The Morgan fingerprint density at radius 2 is 1.96 bits per heavy atom. The molecule has 1 heterocycles. The molecule has 0 fully saturated rings. The van der Waals surface area contributed by atoms with E-state index in [9.17, 15) is 9.59 Å². The molecule has 2 aromatic rings. The SMILES string of the molecule is CCc1ccc(OCC(=O)NCc2cc(C(=O)O)c(C)o2)cc1. The Kier molecular flexibility index (Phi) is 5.41. The van der Waals surface area contributed by atoms with Gasteiger partial charge in [-0.25, -0.2) is 4.79 Å². The van der Waals surface area contributed by atoms with Crippen LogP contribution in [0.15, 0.2) is 34.7 Å². The molecule has 0 spiro atoms. The maximum absolute atomic E-state index is 11.7. The molecule has 2 N–H and O–H groups in total. The van der Waals surface area contributed by atoms with E-state index in [1.807, 2.05) is 24.3 Å². The molecular weight excluding hydrogens is 298 g/mol. The molecular formula is C17H19NO5. The molecule has 2 rings (SSSR count). The van der Waals surface area contributed by atoms with Crippen LogP contribution < -0.4 is 10.1 Å². The minimum Gasteiger partial charge on any atom is -0.484 e. The third kappa shape index (κ3) is 4.60. The van der Waals surface area contributed by atoms with Crippen LogP contribution in [-0.4, -0.2) is 23.6 Å². The molecule has 6 nitrogen and oxygen atoms in total. The second kappa shape index (κ2) is 7.49. The second-order valence-corrected chi connectivity index (χ2v) is 5.05. The Hall–Kier alpha value is -2.76. The van der Waals surface area contributed by atoms with Crippen LogP contribution in [0.5, 0.6) is 5.75 Å². The molecule has 122 valence electrons. The predicted molar refractivity (Wildman–Crippen MR) is 83.6 cm³/mol. The van der Waals surface area contributed by atoms with E-state index in [1.165, 1.54) is 11.6 Å². The molecule has 0 aliphatic carbocycles. The highest BCUT2D eigenvalue weighted by Gasteiger charge is 2.14. The predicted octanol–water partition coefficient (Wildman–Crippen LogP) is 2.54. The molecule has 0 bridgehead atoms. The highest BCUT2D eigenvalue weighted by molar-refractivity contribution is 5.88. The van der Waals surface area contributed by atoms with E-state index < -0.39 is 5.97 Å². The van der Waals surface area contributed by atoms with Gasteiger partial charge in [0.2, 0.25) is 0 Å². The Morgan fingerprint density at radius 1 is 1.26 bits per heavy atom. The number of furan rings is 1. The number of rotatable bonds is 7. The van der Waals surface area contributed by atoms with Crippen molar-refractivity contribution in [3.05, 3.63) is 53.0 Å². The van der Waals surface area contributed by atoms with Gasteiger partial charge in [-0.15, -0.1) is 0 Å². The van der Waals surface area contributed by atoms with Gasteiger partial charge in [-0.3, -0.25) is 4.79 Å². The first kappa shape index (κ1) is 16.6. The van der Waals surface area contributed by atoms with Gasteiger partial charge in [-0.1, -0.05) is 19.1 Å². The minimum absolute atomic E-state index is 0.0986. The van der Waals surface area contributed by atoms with Crippen LogP contribution in [0.4, 0.5) is 0 Å². The number of aromatic carboxylic acids is 1. The summed E-state index contributed by atoms with van der Waals surface area (Å²) in [5.74, 6) is -0.0351. The highest BCUT2D eigenvalue weighted by Crippen LogP contribution is 2.14. The van der Waals surface area contributed by atoms with E-state index in [1.54, 1.807) is 6.92 Å². The zero-order valence-corrected chi connectivity index (χ0v) is 13.1. The van der Waals surface area contributed by atoms with Crippen molar-refractivity contribution in [2.75, 3.05) is 6.61 Å². The number of carboxylic acid groups (broad SMARTS) is 1. The smallest absolute Gasteiger partial charge is 0.339 e. The lowest BCUT2D eigenvalue weighted by Crippen LogP contribution is -2.28. The van der Waals surface area contributed by atoms with E-state index in [4.69, 9.17) is 14.3 Å². The van der Waals surface area contributed by atoms with Gasteiger partial charge in [-0.05, 0) is 37.1 Å². The van der Waals surface area contributed by atoms with E-state index >= 15 is 0 Å². The first-order chi connectivity index (χ1) is 11.0. The van der Waals surface area contributed by atoms with Gasteiger partial charge in [0, 0.05) is 0 Å². The largest absolute Gasteiger partial charge is 0.484 e. The lowest BCUT2D eigenvalue weighted by molar-refractivity contribution is -0.123. The van der Waals surface area contributed by atoms with Gasteiger partial charge in [0.25, 0.3) is 5.91 Å². The second-order valence-electron chi connectivity index (χ2n) is 5.05. The van der Waals surface area contributed by atoms with Crippen LogP contribution in [0.25, 0.3) is 0 Å². The lowest BCUT2D eigenvalue weighted by atomic mass is 10.2. The van der Waals surface area contributed by atoms with E-state index in [0.717, 1.165) is 6.42 Å². The van der Waals surface area contributed by atoms with Crippen molar-refractivity contribution in [1.82, 2.24) is 5.32 Å². The van der Waals surface area contributed by atoms with Crippen molar-refractivity contribution in [3.8, 4) is 5.75 Å². The number of hydrogen-bond acceptors (Lipinski definition) is 4. The number of hydrogen-bond donors (Lipinski definition) is 2. The van der Waals surface area contributed by atoms with Crippen LogP contribution in [0.2, 0.25) is 0 Å². The zero-order valence-electron chi connectivity index (χ0n) is 13.1. The summed E-state index contributed by atoms with van der Waals surface area (Å²) in [7, 11) is 0. The number of nitrogens with one attached hydrogen (secondary N) is 1. The lowest BCUT2D eigenvalue weighted by Gasteiger charge is -2.07. The fourth-order valence-electron chi connectivity index (χ4n) is 2.05. The average Bonchev–Trinajstić information content (AvgIpc) is 2.92.